The summed E-state index contributed by atoms with van der Waals surface area (Å²) in [5.74, 6) is -0.0487. The molecule has 2 aromatic heterocycles. The molecule has 0 atom stereocenters. The first-order chi connectivity index (χ1) is 17.6. The lowest BCUT2D eigenvalue weighted by Gasteiger charge is -2.09. The minimum absolute atomic E-state index is 0.0487. The molecule has 0 unspecified atom stereocenters. The molecule has 1 aliphatic heterocycles. The van der Waals surface area contributed by atoms with Crippen molar-refractivity contribution in [2.75, 3.05) is 6.54 Å². The summed E-state index contributed by atoms with van der Waals surface area (Å²) in [4.78, 5) is 15.2. The van der Waals surface area contributed by atoms with Gasteiger partial charge in [-0.1, -0.05) is 66.4 Å². The number of aryl methyl sites for hydroxylation is 1. The second-order valence-electron chi connectivity index (χ2n) is 8.63. The van der Waals surface area contributed by atoms with Crippen molar-refractivity contribution in [3.05, 3.63) is 89.5 Å². The van der Waals surface area contributed by atoms with Crippen molar-refractivity contribution < 1.29 is 4.79 Å². The Balaban J connectivity index is 1.55. The number of likely N-dealkylation sites (N-methyl/N-ethyl adjacent to an activating group) is 1. The average Bonchev–Trinajstić information content (AvgIpc) is 3.55. The van der Waals surface area contributed by atoms with Gasteiger partial charge in [-0.15, -0.1) is 0 Å². The van der Waals surface area contributed by atoms with Gasteiger partial charge >= 0.3 is 0 Å². The fourth-order valence-corrected chi connectivity index (χ4v) is 6.26. The van der Waals surface area contributed by atoms with Gasteiger partial charge in [0.1, 0.15) is 10.0 Å². The summed E-state index contributed by atoms with van der Waals surface area (Å²) in [5.41, 5.74) is 6.11. The molecular weight excluding hydrogens is 484 g/mol. The molecule has 36 heavy (non-hydrogen) atoms. The summed E-state index contributed by atoms with van der Waals surface area (Å²) in [6.07, 6.45) is 3.92. The van der Waals surface area contributed by atoms with E-state index in [4.69, 9.17) is 17.3 Å². The molecule has 1 fully saturated rings. The molecule has 6 rings (SSSR count). The third-order valence-corrected chi connectivity index (χ3v) is 7.98. The Morgan fingerprint density at radius 1 is 0.917 bits per heavy atom. The molecule has 1 amide bonds. The molecule has 0 aliphatic carbocycles. The smallest absolute Gasteiger partial charge is 0.266 e. The van der Waals surface area contributed by atoms with Crippen LogP contribution in [0, 0.1) is 0 Å². The first-order valence-corrected chi connectivity index (χ1v) is 13.2. The number of aromatic nitrogens is 3. The van der Waals surface area contributed by atoms with Crippen LogP contribution in [0.3, 0.4) is 0 Å². The lowest BCUT2D eigenvalue weighted by Crippen LogP contribution is -2.27. The van der Waals surface area contributed by atoms with Crippen LogP contribution in [0.4, 0.5) is 0 Å². The zero-order valence-corrected chi connectivity index (χ0v) is 21.6. The van der Waals surface area contributed by atoms with Gasteiger partial charge in [-0.2, -0.15) is 5.10 Å². The number of hydrogen-bond acceptors (Lipinski definition) is 4. The molecule has 5 aromatic rings. The topological polar surface area (TPSA) is 43.1 Å². The molecule has 5 nitrogen and oxygen atoms in total. The van der Waals surface area contributed by atoms with Gasteiger partial charge in [0.05, 0.1) is 10.6 Å². The Hall–Kier alpha value is -3.68. The van der Waals surface area contributed by atoms with E-state index in [0.717, 1.165) is 29.1 Å². The summed E-state index contributed by atoms with van der Waals surface area (Å²) in [6.45, 7) is 5.58. The van der Waals surface area contributed by atoms with Crippen molar-refractivity contribution in [3.8, 4) is 16.9 Å². The van der Waals surface area contributed by atoms with Crippen molar-refractivity contribution >= 4 is 62.1 Å². The minimum Gasteiger partial charge on any atom is -0.341 e. The van der Waals surface area contributed by atoms with Gasteiger partial charge in [0.15, 0.2) is 0 Å². The molecule has 0 N–H and O–H groups in total. The molecular formula is C29H24N4OS2. The highest BCUT2D eigenvalue weighted by Crippen LogP contribution is 2.37. The van der Waals surface area contributed by atoms with Gasteiger partial charge in [0.2, 0.25) is 0 Å². The number of thiocarbonyl (C=S) groups is 1. The Bertz CT molecular complexity index is 1680. The minimum atomic E-state index is -0.0487. The van der Waals surface area contributed by atoms with Crippen LogP contribution in [0.5, 0.6) is 0 Å². The summed E-state index contributed by atoms with van der Waals surface area (Å²) in [7, 11) is 0. The van der Waals surface area contributed by atoms with E-state index in [0.29, 0.717) is 15.8 Å². The van der Waals surface area contributed by atoms with Crippen LogP contribution < -0.4 is 0 Å². The lowest BCUT2D eigenvalue weighted by atomic mass is 10.0. The van der Waals surface area contributed by atoms with Crippen LogP contribution in [0.15, 0.2) is 83.9 Å². The Kier molecular flexibility index (Phi) is 5.74. The van der Waals surface area contributed by atoms with Crippen molar-refractivity contribution in [1.82, 2.24) is 19.2 Å². The van der Waals surface area contributed by atoms with Crippen LogP contribution in [-0.4, -0.2) is 36.0 Å². The van der Waals surface area contributed by atoms with Crippen LogP contribution >= 0.6 is 24.0 Å². The Labute approximate surface area is 219 Å². The van der Waals surface area contributed by atoms with E-state index in [1.165, 1.54) is 33.6 Å². The van der Waals surface area contributed by atoms with E-state index in [9.17, 15) is 4.79 Å². The quantitative estimate of drug-likeness (QED) is 0.192. The normalized spacial score (nSPS) is 15.2. The third kappa shape index (κ3) is 3.67. The summed E-state index contributed by atoms with van der Waals surface area (Å²) in [5, 5.41) is 7.41. The van der Waals surface area contributed by atoms with Crippen LogP contribution in [0.2, 0.25) is 0 Å². The summed E-state index contributed by atoms with van der Waals surface area (Å²) < 4.78 is 4.81. The standard InChI is InChI=1S/C29H24N4OS2/c1-3-31-24-13-9-8-12-22(24)23-16-19(14-15-25(23)31)27-20(17-26-28(34)32(4-2)29(35)36-26)18-33(30-27)21-10-6-5-7-11-21/h5-18H,3-4H2,1-2H3. The number of thioether (sulfide) groups is 1. The maximum Gasteiger partial charge on any atom is 0.266 e. The van der Waals surface area contributed by atoms with E-state index in [2.05, 4.69) is 54.0 Å². The molecule has 0 saturated carbocycles. The van der Waals surface area contributed by atoms with Gasteiger partial charge < -0.3 is 4.57 Å². The second-order valence-corrected chi connectivity index (χ2v) is 10.3. The van der Waals surface area contributed by atoms with E-state index in [1.807, 2.05) is 54.2 Å². The van der Waals surface area contributed by atoms with Crippen LogP contribution in [0.25, 0.3) is 44.8 Å². The highest BCUT2D eigenvalue weighted by atomic mass is 32.2. The Morgan fingerprint density at radius 3 is 2.42 bits per heavy atom. The molecule has 7 heteroatoms. The van der Waals surface area contributed by atoms with Crippen LogP contribution in [-0.2, 0) is 11.3 Å². The molecule has 178 valence electrons. The lowest BCUT2D eigenvalue weighted by molar-refractivity contribution is -0.121. The zero-order valence-electron chi connectivity index (χ0n) is 20.0. The first kappa shape index (κ1) is 22.8. The number of benzene rings is 3. The number of para-hydroxylation sites is 2. The molecule has 0 radical (unpaired) electrons. The van der Waals surface area contributed by atoms with Gasteiger partial charge in [0.25, 0.3) is 5.91 Å². The first-order valence-electron chi connectivity index (χ1n) is 12.0. The fraction of sp³-hybridized carbons (Fsp3) is 0.138. The van der Waals surface area contributed by atoms with Gasteiger partial charge in [-0.25, -0.2) is 4.68 Å². The fourth-order valence-electron chi connectivity index (χ4n) is 4.89. The number of amides is 1. The highest BCUT2D eigenvalue weighted by Gasteiger charge is 2.31. The molecule has 0 bridgehead atoms. The van der Waals surface area contributed by atoms with Gasteiger partial charge in [-0.05, 0) is 50.3 Å². The average molecular weight is 509 g/mol. The third-order valence-electron chi connectivity index (χ3n) is 6.60. The maximum atomic E-state index is 13.0. The monoisotopic (exact) mass is 508 g/mol. The number of rotatable bonds is 5. The second kappa shape index (κ2) is 9.08. The van der Waals surface area contributed by atoms with E-state index in [-0.39, 0.29) is 5.91 Å². The number of nitrogens with zero attached hydrogens (tertiary/aromatic N) is 4. The summed E-state index contributed by atoms with van der Waals surface area (Å²) >= 11 is 6.78. The van der Waals surface area contributed by atoms with Crippen molar-refractivity contribution in [2.24, 2.45) is 0 Å². The van der Waals surface area contributed by atoms with E-state index < -0.39 is 0 Å². The Morgan fingerprint density at radius 2 is 1.67 bits per heavy atom. The van der Waals surface area contributed by atoms with Gasteiger partial charge in [0, 0.05) is 52.2 Å². The van der Waals surface area contributed by atoms with Gasteiger partial charge in [-0.3, -0.25) is 9.69 Å². The summed E-state index contributed by atoms with van der Waals surface area (Å²) in [6, 6.07) is 25.1. The number of carbonyl (C=O) groups excluding carboxylic acids is 1. The highest BCUT2D eigenvalue weighted by molar-refractivity contribution is 8.26. The molecule has 3 aromatic carbocycles. The largest absolute Gasteiger partial charge is 0.341 e. The van der Waals surface area contributed by atoms with Crippen molar-refractivity contribution in [3.63, 3.8) is 0 Å². The van der Waals surface area contributed by atoms with Crippen LogP contribution in [0.1, 0.15) is 19.4 Å². The van der Waals surface area contributed by atoms with E-state index in [1.54, 1.807) is 4.90 Å². The SMILES string of the molecule is CCN1C(=O)C(=Cc2cn(-c3ccccc3)nc2-c2ccc3c(c2)c2ccccc2n3CC)SC1=S. The maximum absolute atomic E-state index is 13.0. The molecule has 3 heterocycles. The number of hydrogen-bond donors (Lipinski definition) is 0. The van der Waals surface area contributed by atoms with E-state index >= 15 is 0 Å². The molecule has 1 aliphatic rings. The predicted molar refractivity (Wildman–Crippen MR) is 153 cm³/mol. The number of fused-ring (bicyclic) bond motifs is 3. The number of carbonyl (C=O) groups is 1. The van der Waals surface area contributed by atoms with Crippen molar-refractivity contribution in [2.45, 2.75) is 20.4 Å². The molecule has 0 spiro atoms. The zero-order chi connectivity index (χ0) is 24.8. The van der Waals surface area contributed by atoms with Crippen molar-refractivity contribution in [1.29, 1.82) is 0 Å². The predicted octanol–water partition coefficient (Wildman–Crippen LogP) is 6.89. The molecule has 1 saturated heterocycles.